The molecule has 6 heteroatoms. The standard InChI is InChI=1S/C13H16N2O3S/c1-13(2,3)6-11(17)18-8-10(16)15-12-9(7-14)4-5-19-12/h4-5H,6,8H2,1-3H3,(H,15,16). The Kier molecular flexibility index (Phi) is 5.07. The molecule has 1 N–H and O–H groups in total. The zero-order valence-corrected chi connectivity index (χ0v) is 12.0. The minimum absolute atomic E-state index is 0.171. The zero-order valence-electron chi connectivity index (χ0n) is 11.1. The molecule has 0 saturated heterocycles. The Morgan fingerprint density at radius 3 is 2.74 bits per heavy atom. The van der Waals surface area contributed by atoms with Crippen molar-refractivity contribution in [3.05, 3.63) is 17.0 Å². The maximum absolute atomic E-state index is 11.6. The van der Waals surface area contributed by atoms with Crippen LogP contribution in [0.2, 0.25) is 0 Å². The van der Waals surface area contributed by atoms with Crippen molar-refractivity contribution in [3.63, 3.8) is 0 Å². The van der Waals surface area contributed by atoms with Crippen LogP contribution in [0.15, 0.2) is 11.4 Å². The number of ether oxygens (including phenoxy) is 1. The molecule has 1 amide bonds. The van der Waals surface area contributed by atoms with Crippen LogP contribution in [-0.4, -0.2) is 18.5 Å². The topological polar surface area (TPSA) is 79.2 Å². The number of hydrogen-bond acceptors (Lipinski definition) is 5. The number of carbonyl (C=O) groups is 2. The van der Waals surface area contributed by atoms with Gasteiger partial charge in [0.1, 0.15) is 11.1 Å². The predicted octanol–water partition coefficient (Wildman–Crippen LogP) is 2.54. The summed E-state index contributed by atoms with van der Waals surface area (Å²) in [5, 5.41) is 13.5. The molecule has 0 aliphatic heterocycles. The number of nitrogens with zero attached hydrogens (tertiary/aromatic N) is 1. The molecule has 5 nitrogen and oxygen atoms in total. The normalized spacial score (nSPS) is 10.6. The van der Waals surface area contributed by atoms with Crippen molar-refractivity contribution in [1.82, 2.24) is 0 Å². The lowest BCUT2D eigenvalue weighted by Crippen LogP contribution is -2.23. The van der Waals surface area contributed by atoms with Crippen molar-refractivity contribution in [2.24, 2.45) is 5.41 Å². The first kappa shape index (κ1) is 15.2. The molecule has 0 saturated carbocycles. The lowest BCUT2D eigenvalue weighted by molar-refractivity contribution is -0.149. The number of amides is 1. The van der Waals surface area contributed by atoms with Gasteiger partial charge in [-0.05, 0) is 16.9 Å². The van der Waals surface area contributed by atoms with Gasteiger partial charge in [-0.15, -0.1) is 11.3 Å². The Labute approximate surface area is 116 Å². The Bertz CT molecular complexity index is 509. The van der Waals surface area contributed by atoms with Gasteiger partial charge in [-0.3, -0.25) is 9.59 Å². The van der Waals surface area contributed by atoms with E-state index in [1.165, 1.54) is 11.3 Å². The third kappa shape index (κ3) is 5.53. The van der Waals surface area contributed by atoms with E-state index in [0.29, 0.717) is 10.6 Å². The third-order valence-electron chi connectivity index (χ3n) is 2.08. The number of esters is 1. The first-order chi connectivity index (χ1) is 8.81. The van der Waals surface area contributed by atoms with Gasteiger partial charge in [0.05, 0.1) is 12.0 Å². The van der Waals surface area contributed by atoms with Crippen molar-refractivity contribution in [2.45, 2.75) is 27.2 Å². The Hall–Kier alpha value is -1.87. The van der Waals surface area contributed by atoms with Crippen LogP contribution in [0.5, 0.6) is 0 Å². The van der Waals surface area contributed by atoms with E-state index in [4.69, 9.17) is 10.00 Å². The van der Waals surface area contributed by atoms with Gasteiger partial charge >= 0.3 is 5.97 Å². The fourth-order valence-electron chi connectivity index (χ4n) is 1.29. The van der Waals surface area contributed by atoms with E-state index < -0.39 is 11.9 Å². The second-order valence-electron chi connectivity index (χ2n) is 5.22. The molecule has 1 aromatic heterocycles. The number of nitrogens with one attached hydrogen (secondary N) is 1. The third-order valence-corrected chi connectivity index (χ3v) is 2.91. The van der Waals surface area contributed by atoms with Crippen LogP contribution < -0.4 is 5.32 Å². The fourth-order valence-corrected chi connectivity index (χ4v) is 2.04. The van der Waals surface area contributed by atoms with Crippen molar-refractivity contribution >= 4 is 28.2 Å². The number of rotatable bonds is 4. The van der Waals surface area contributed by atoms with Gasteiger partial charge in [0.2, 0.25) is 0 Å². The molecule has 1 rings (SSSR count). The number of carbonyl (C=O) groups excluding carboxylic acids is 2. The molecule has 1 heterocycles. The minimum Gasteiger partial charge on any atom is -0.456 e. The average molecular weight is 280 g/mol. The Morgan fingerprint density at radius 2 is 2.16 bits per heavy atom. The molecule has 0 spiro atoms. The summed E-state index contributed by atoms with van der Waals surface area (Å²) in [6.07, 6.45) is 0.253. The highest BCUT2D eigenvalue weighted by atomic mass is 32.1. The van der Waals surface area contributed by atoms with Gasteiger partial charge in [0.15, 0.2) is 6.61 Å². The molecule has 0 atom stereocenters. The van der Waals surface area contributed by atoms with E-state index in [2.05, 4.69) is 5.32 Å². The van der Waals surface area contributed by atoms with E-state index in [9.17, 15) is 9.59 Å². The smallest absolute Gasteiger partial charge is 0.306 e. The van der Waals surface area contributed by atoms with Gasteiger partial charge in [0.25, 0.3) is 5.91 Å². The quantitative estimate of drug-likeness (QED) is 0.859. The highest BCUT2D eigenvalue weighted by molar-refractivity contribution is 7.14. The van der Waals surface area contributed by atoms with E-state index in [0.717, 1.165) is 0 Å². The largest absolute Gasteiger partial charge is 0.456 e. The van der Waals surface area contributed by atoms with E-state index in [1.54, 1.807) is 11.4 Å². The molecule has 0 aliphatic rings. The van der Waals surface area contributed by atoms with E-state index in [-0.39, 0.29) is 18.4 Å². The number of thiophene rings is 1. The van der Waals surface area contributed by atoms with Crippen LogP contribution in [0.3, 0.4) is 0 Å². The summed E-state index contributed by atoms with van der Waals surface area (Å²) < 4.78 is 4.87. The van der Waals surface area contributed by atoms with Crippen molar-refractivity contribution < 1.29 is 14.3 Å². The second-order valence-corrected chi connectivity index (χ2v) is 6.14. The summed E-state index contributed by atoms with van der Waals surface area (Å²) in [4.78, 5) is 23.0. The van der Waals surface area contributed by atoms with Crippen LogP contribution in [-0.2, 0) is 14.3 Å². The first-order valence-electron chi connectivity index (χ1n) is 5.75. The summed E-state index contributed by atoms with van der Waals surface area (Å²) in [5.41, 5.74) is 0.231. The van der Waals surface area contributed by atoms with Crippen LogP contribution >= 0.6 is 11.3 Å². The predicted molar refractivity (Wildman–Crippen MR) is 72.7 cm³/mol. The van der Waals surface area contributed by atoms with Gasteiger partial charge < -0.3 is 10.1 Å². The molecule has 0 aliphatic carbocycles. The number of nitriles is 1. The summed E-state index contributed by atoms with van der Waals surface area (Å²) in [6, 6.07) is 3.58. The highest BCUT2D eigenvalue weighted by Crippen LogP contribution is 2.22. The summed E-state index contributed by atoms with van der Waals surface area (Å²) in [5.74, 6) is -0.851. The average Bonchev–Trinajstić information content (AvgIpc) is 2.71. The molecule has 0 aromatic carbocycles. The van der Waals surface area contributed by atoms with Gasteiger partial charge in [-0.1, -0.05) is 20.8 Å². The van der Waals surface area contributed by atoms with Gasteiger partial charge in [0, 0.05) is 0 Å². The SMILES string of the molecule is CC(C)(C)CC(=O)OCC(=O)Nc1sccc1C#N. The molecular weight excluding hydrogens is 264 g/mol. The van der Waals surface area contributed by atoms with Crippen LogP contribution in [0.25, 0.3) is 0 Å². The minimum atomic E-state index is -0.443. The van der Waals surface area contributed by atoms with E-state index in [1.807, 2.05) is 26.8 Å². The van der Waals surface area contributed by atoms with Crippen molar-refractivity contribution in [2.75, 3.05) is 11.9 Å². The maximum Gasteiger partial charge on any atom is 0.306 e. The molecule has 0 unspecified atom stereocenters. The molecule has 0 radical (unpaired) electrons. The van der Waals surface area contributed by atoms with Crippen molar-refractivity contribution in [3.8, 4) is 6.07 Å². The maximum atomic E-state index is 11.6. The Balaban J connectivity index is 2.41. The van der Waals surface area contributed by atoms with Crippen LogP contribution in [0, 0.1) is 16.7 Å². The number of hydrogen-bond donors (Lipinski definition) is 1. The Morgan fingerprint density at radius 1 is 1.47 bits per heavy atom. The fraction of sp³-hybridized carbons (Fsp3) is 0.462. The molecule has 19 heavy (non-hydrogen) atoms. The van der Waals surface area contributed by atoms with Crippen LogP contribution in [0.1, 0.15) is 32.8 Å². The second kappa shape index (κ2) is 6.34. The first-order valence-corrected chi connectivity index (χ1v) is 6.63. The van der Waals surface area contributed by atoms with E-state index >= 15 is 0 Å². The zero-order chi connectivity index (χ0) is 14.5. The molecule has 0 bridgehead atoms. The van der Waals surface area contributed by atoms with Gasteiger partial charge in [-0.25, -0.2) is 0 Å². The molecule has 102 valence electrons. The number of anilines is 1. The van der Waals surface area contributed by atoms with Crippen LogP contribution in [0.4, 0.5) is 5.00 Å². The lowest BCUT2D eigenvalue weighted by Gasteiger charge is -2.16. The highest BCUT2D eigenvalue weighted by Gasteiger charge is 2.18. The summed E-state index contributed by atoms with van der Waals surface area (Å²) in [7, 11) is 0. The van der Waals surface area contributed by atoms with Crippen molar-refractivity contribution in [1.29, 1.82) is 5.26 Å². The molecular formula is C13H16N2O3S. The monoisotopic (exact) mass is 280 g/mol. The van der Waals surface area contributed by atoms with Gasteiger partial charge in [-0.2, -0.15) is 5.26 Å². The summed E-state index contributed by atoms with van der Waals surface area (Å²) in [6.45, 7) is 5.41. The molecule has 0 fully saturated rings. The summed E-state index contributed by atoms with van der Waals surface area (Å²) >= 11 is 1.25. The lowest BCUT2D eigenvalue weighted by atomic mass is 9.93. The molecule has 1 aromatic rings.